The molecule has 0 saturated heterocycles. The molecule has 8 nitrogen and oxygen atoms in total. The number of primary sulfonamides is 1. The first-order valence-electron chi connectivity index (χ1n) is 12.7. The van der Waals surface area contributed by atoms with Crippen LogP contribution in [0.15, 0.2) is 114 Å². The SMILES string of the molecule is N=C(N)c1cccc(C2=C(C(=O)Nc3ccc(-c4ccccc4S(N)(=O)=O)cc3)CN(Cc3ccccc3)C2)c1. The fourth-order valence-corrected chi connectivity index (χ4v) is 5.65. The van der Waals surface area contributed by atoms with Gasteiger partial charge in [-0.25, -0.2) is 13.6 Å². The van der Waals surface area contributed by atoms with Crippen molar-refractivity contribution in [2.75, 3.05) is 18.4 Å². The van der Waals surface area contributed by atoms with Gasteiger partial charge in [-0.3, -0.25) is 15.1 Å². The summed E-state index contributed by atoms with van der Waals surface area (Å²) in [4.78, 5) is 15.8. The normalized spacial score (nSPS) is 13.8. The molecule has 0 aliphatic carbocycles. The van der Waals surface area contributed by atoms with Crippen LogP contribution in [-0.4, -0.2) is 38.2 Å². The maximum atomic E-state index is 13.6. The first kappa shape index (κ1) is 27.0. The third-order valence-corrected chi connectivity index (χ3v) is 7.79. The summed E-state index contributed by atoms with van der Waals surface area (Å²) in [5, 5.41) is 16.2. The van der Waals surface area contributed by atoms with Crippen LogP contribution in [0.1, 0.15) is 16.7 Å². The highest BCUT2D eigenvalue weighted by Gasteiger charge is 2.28. The lowest BCUT2D eigenvalue weighted by molar-refractivity contribution is -0.112. The number of sulfonamides is 1. The quantitative estimate of drug-likeness (QED) is 0.192. The van der Waals surface area contributed by atoms with Gasteiger partial charge in [-0.15, -0.1) is 0 Å². The highest BCUT2D eigenvalue weighted by Crippen LogP contribution is 2.31. The van der Waals surface area contributed by atoms with E-state index in [1.165, 1.54) is 6.07 Å². The first-order chi connectivity index (χ1) is 19.2. The summed E-state index contributed by atoms with van der Waals surface area (Å²) in [5.41, 5.74) is 11.6. The number of anilines is 1. The number of nitrogens with zero attached hydrogens (tertiary/aromatic N) is 1. The highest BCUT2D eigenvalue weighted by molar-refractivity contribution is 7.89. The lowest BCUT2D eigenvalue weighted by Crippen LogP contribution is -2.24. The van der Waals surface area contributed by atoms with Gasteiger partial charge in [-0.2, -0.15) is 0 Å². The number of rotatable bonds is 8. The van der Waals surface area contributed by atoms with Gasteiger partial charge in [0.1, 0.15) is 5.84 Å². The summed E-state index contributed by atoms with van der Waals surface area (Å²) >= 11 is 0. The number of carbonyl (C=O) groups excluding carboxylic acids is 1. The van der Waals surface area contributed by atoms with Crippen LogP contribution in [0.4, 0.5) is 5.69 Å². The lowest BCUT2D eigenvalue weighted by Gasteiger charge is -2.16. The molecular weight excluding hydrogens is 522 g/mol. The molecule has 0 saturated carbocycles. The second-order valence-corrected chi connectivity index (χ2v) is 11.2. The number of nitrogens with two attached hydrogens (primary N) is 2. The number of nitrogens with one attached hydrogen (secondary N) is 2. The molecule has 1 heterocycles. The van der Waals surface area contributed by atoms with E-state index in [1.807, 2.05) is 36.4 Å². The zero-order valence-corrected chi connectivity index (χ0v) is 22.5. The van der Waals surface area contributed by atoms with Crippen LogP contribution in [0, 0.1) is 5.41 Å². The molecule has 40 heavy (non-hydrogen) atoms. The van der Waals surface area contributed by atoms with E-state index >= 15 is 0 Å². The lowest BCUT2D eigenvalue weighted by atomic mass is 9.99. The average Bonchev–Trinajstić information content (AvgIpc) is 3.37. The van der Waals surface area contributed by atoms with Crippen LogP contribution in [0.2, 0.25) is 0 Å². The third kappa shape index (κ3) is 6.02. The molecule has 0 atom stereocenters. The largest absolute Gasteiger partial charge is 0.384 e. The van der Waals surface area contributed by atoms with Gasteiger partial charge >= 0.3 is 0 Å². The van der Waals surface area contributed by atoms with Crippen molar-refractivity contribution in [1.29, 1.82) is 5.41 Å². The van der Waals surface area contributed by atoms with Crippen molar-refractivity contribution < 1.29 is 13.2 Å². The molecule has 5 rings (SSSR count). The minimum Gasteiger partial charge on any atom is -0.384 e. The van der Waals surface area contributed by atoms with Gasteiger partial charge in [0.05, 0.1) is 4.90 Å². The second-order valence-electron chi connectivity index (χ2n) is 9.65. The molecule has 0 spiro atoms. The zero-order valence-electron chi connectivity index (χ0n) is 21.7. The van der Waals surface area contributed by atoms with Crippen molar-refractivity contribution in [3.8, 4) is 11.1 Å². The minimum absolute atomic E-state index is 0.0308. The number of hydrogen-bond donors (Lipinski definition) is 4. The predicted molar refractivity (Wildman–Crippen MR) is 158 cm³/mol. The van der Waals surface area contributed by atoms with Crippen LogP contribution >= 0.6 is 0 Å². The van der Waals surface area contributed by atoms with E-state index in [-0.39, 0.29) is 16.6 Å². The summed E-state index contributed by atoms with van der Waals surface area (Å²) in [6.07, 6.45) is 0. The van der Waals surface area contributed by atoms with Crippen molar-refractivity contribution in [2.24, 2.45) is 10.9 Å². The van der Waals surface area contributed by atoms with E-state index < -0.39 is 10.0 Å². The Morgan fingerprint density at radius 1 is 0.850 bits per heavy atom. The molecule has 1 aliphatic heterocycles. The van der Waals surface area contributed by atoms with E-state index in [0.717, 1.165) is 16.7 Å². The Morgan fingerprint density at radius 3 is 2.25 bits per heavy atom. The van der Waals surface area contributed by atoms with Gasteiger partial charge in [0.2, 0.25) is 10.0 Å². The summed E-state index contributed by atoms with van der Waals surface area (Å²) in [6, 6.07) is 31.0. The Bertz CT molecular complexity index is 1720. The number of benzene rings is 4. The summed E-state index contributed by atoms with van der Waals surface area (Å²) in [6.45, 7) is 1.72. The van der Waals surface area contributed by atoms with Crippen LogP contribution in [0.3, 0.4) is 0 Å². The fraction of sp³-hybridized carbons (Fsp3) is 0.0968. The first-order valence-corrected chi connectivity index (χ1v) is 14.2. The highest BCUT2D eigenvalue weighted by atomic mass is 32.2. The molecule has 0 unspecified atom stereocenters. The molecule has 1 amide bonds. The van der Waals surface area contributed by atoms with Gasteiger partial charge < -0.3 is 11.1 Å². The van der Waals surface area contributed by atoms with Crippen molar-refractivity contribution >= 4 is 33.0 Å². The standard InChI is InChI=1S/C31H29N5O3S/c32-30(33)24-10-6-9-23(17-24)27-19-36(18-21-7-2-1-3-8-21)20-28(27)31(37)35-25-15-13-22(14-16-25)26-11-4-5-12-29(26)40(34,38)39/h1-17H,18-20H2,(H3,32,33)(H,35,37)(H2,34,38,39). The van der Waals surface area contributed by atoms with Crippen molar-refractivity contribution in [2.45, 2.75) is 11.4 Å². The Balaban J connectivity index is 1.42. The number of carbonyl (C=O) groups is 1. The van der Waals surface area contributed by atoms with E-state index in [9.17, 15) is 13.2 Å². The van der Waals surface area contributed by atoms with Gasteiger partial charge in [-0.05, 0) is 46.5 Å². The number of amidine groups is 1. The van der Waals surface area contributed by atoms with Crippen LogP contribution < -0.4 is 16.2 Å². The van der Waals surface area contributed by atoms with Crippen molar-refractivity contribution in [3.63, 3.8) is 0 Å². The molecule has 0 radical (unpaired) electrons. The molecule has 4 aromatic rings. The molecule has 4 aromatic carbocycles. The Morgan fingerprint density at radius 2 is 1.55 bits per heavy atom. The molecule has 0 fully saturated rings. The number of hydrogen-bond acceptors (Lipinski definition) is 5. The zero-order chi connectivity index (χ0) is 28.3. The Labute approximate surface area is 233 Å². The van der Waals surface area contributed by atoms with Crippen LogP contribution in [0.5, 0.6) is 0 Å². The maximum absolute atomic E-state index is 13.6. The van der Waals surface area contributed by atoms with Gasteiger partial charge in [0.15, 0.2) is 0 Å². The monoisotopic (exact) mass is 551 g/mol. The topological polar surface area (TPSA) is 142 Å². The third-order valence-electron chi connectivity index (χ3n) is 6.82. The molecule has 9 heteroatoms. The van der Waals surface area contributed by atoms with E-state index in [0.29, 0.717) is 47.6 Å². The van der Waals surface area contributed by atoms with Gasteiger partial charge in [0.25, 0.3) is 5.91 Å². The number of amides is 1. The smallest absolute Gasteiger partial charge is 0.253 e. The molecule has 0 bridgehead atoms. The predicted octanol–water partition coefficient (Wildman–Crippen LogP) is 4.19. The summed E-state index contributed by atoms with van der Waals surface area (Å²) in [5.74, 6) is -0.256. The van der Waals surface area contributed by atoms with Crippen LogP contribution in [-0.2, 0) is 21.4 Å². The van der Waals surface area contributed by atoms with E-state index in [2.05, 4.69) is 22.3 Å². The molecule has 6 N–H and O–H groups in total. The number of nitrogen functional groups attached to an aromatic ring is 1. The van der Waals surface area contributed by atoms with Crippen LogP contribution in [0.25, 0.3) is 16.7 Å². The van der Waals surface area contributed by atoms with E-state index in [1.54, 1.807) is 48.5 Å². The van der Waals surface area contributed by atoms with Gasteiger partial charge in [0, 0.05) is 42.0 Å². The van der Waals surface area contributed by atoms with Crippen molar-refractivity contribution in [3.05, 3.63) is 125 Å². The summed E-state index contributed by atoms with van der Waals surface area (Å²) in [7, 11) is -3.89. The minimum atomic E-state index is -3.89. The molecule has 1 aliphatic rings. The van der Waals surface area contributed by atoms with Crippen molar-refractivity contribution in [1.82, 2.24) is 4.90 Å². The molecule has 0 aromatic heterocycles. The average molecular weight is 552 g/mol. The van der Waals surface area contributed by atoms with E-state index in [4.69, 9.17) is 16.3 Å². The Hall–Kier alpha value is -4.57. The maximum Gasteiger partial charge on any atom is 0.253 e. The summed E-state index contributed by atoms with van der Waals surface area (Å²) < 4.78 is 24.1. The fourth-order valence-electron chi connectivity index (χ4n) is 4.89. The second kappa shape index (κ2) is 11.3. The van der Waals surface area contributed by atoms with Gasteiger partial charge in [-0.1, -0.05) is 78.9 Å². The Kier molecular flexibility index (Phi) is 7.61. The molecule has 202 valence electrons. The molecular formula is C31H29N5O3S.